The van der Waals surface area contributed by atoms with Crippen LogP contribution in [0.1, 0.15) is 12.5 Å². The van der Waals surface area contributed by atoms with Crippen molar-refractivity contribution in [1.29, 1.82) is 0 Å². The summed E-state index contributed by atoms with van der Waals surface area (Å²) in [4.78, 5) is 41.6. The Morgan fingerprint density at radius 2 is 1.86 bits per heavy atom. The molecule has 0 radical (unpaired) electrons. The molecule has 1 aromatic rings. The van der Waals surface area contributed by atoms with E-state index in [0.717, 1.165) is 25.1 Å². The normalized spacial score (nSPS) is 10.8. The van der Waals surface area contributed by atoms with E-state index >= 15 is 0 Å². The lowest BCUT2D eigenvalue weighted by atomic mass is 10.1. The lowest BCUT2D eigenvalue weighted by Crippen LogP contribution is -2.24. The van der Waals surface area contributed by atoms with Gasteiger partial charge in [-0.25, -0.2) is 4.79 Å². The molecular weight excluding hydrogens is 286 g/mol. The fourth-order valence-electron chi connectivity index (χ4n) is 1.42. The van der Waals surface area contributed by atoms with Crippen LogP contribution in [0.5, 0.6) is 0 Å². The highest BCUT2D eigenvalue weighted by molar-refractivity contribution is 5.96. The molecule has 10 heteroatoms. The third-order valence-corrected chi connectivity index (χ3v) is 2.26. The van der Waals surface area contributed by atoms with Gasteiger partial charge in [0.05, 0.1) is 21.5 Å². The molecule has 1 rings (SSSR count). The van der Waals surface area contributed by atoms with E-state index in [1.165, 1.54) is 0 Å². The Hall–Kier alpha value is -3.30. The molecule has 0 saturated carbocycles. The van der Waals surface area contributed by atoms with Crippen LogP contribution in [-0.2, 0) is 9.59 Å². The Morgan fingerprint density at radius 3 is 2.29 bits per heavy atom. The van der Waals surface area contributed by atoms with Gasteiger partial charge in [0.1, 0.15) is 5.70 Å². The van der Waals surface area contributed by atoms with E-state index in [-0.39, 0.29) is 5.56 Å². The first kappa shape index (κ1) is 15.8. The molecule has 1 amide bonds. The lowest BCUT2D eigenvalue weighted by molar-refractivity contribution is -0.394. The van der Waals surface area contributed by atoms with Crippen molar-refractivity contribution < 1.29 is 24.5 Å². The van der Waals surface area contributed by atoms with Crippen LogP contribution >= 0.6 is 0 Å². The Morgan fingerprint density at radius 1 is 1.24 bits per heavy atom. The number of nitro benzene ring substituents is 2. The topological polar surface area (TPSA) is 153 Å². The zero-order chi connectivity index (χ0) is 16.2. The van der Waals surface area contributed by atoms with Crippen molar-refractivity contribution in [3.8, 4) is 0 Å². The first-order valence-corrected chi connectivity index (χ1v) is 5.37. The predicted molar refractivity (Wildman–Crippen MR) is 69.2 cm³/mol. The Bertz CT molecular complexity index is 666. The average molecular weight is 295 g/mol. The number of nitrogens with one attached hydrogen (secondary N) is 1. The van der Waals surface area contributed by atoms with Crippen LogP contribution in [0.15, 0.2) is 23.9 Å². The maximum atomic E-state index is 10.9. The molecule has 0 aliphatic carbocycles. The third kappa shape index (κ3) is 4.09. The minimum Gasteiger partial charge on any atom is -0.477 e. The van der Waals surface area contributed by atoms with Crippen LogP contribution in [-0.4, -0.2) is 26.8 Å². The molecule has 0 aliphatic rings. The molecule has 0 bridgehead atoms. The number of nitrogens with zero attached hydrogens (tertiary/aromatic N) is 2. The van der Waals surface area contributed by atoms with Gasteiger partial charge in [-0.2, -0.15) is 0 Å². The number of benzene rings is 1. The molecule has 110 valence electrons. The SMILES string of the molecule is CC(=O)N/C(=C/c1ccc([N+](=O)[O-])cc1[N+](=O)[O-])C(=O)O. The zero-order valence-electron chi connectivity index (χ0n) is 10.6. The molecule has 0 aliphatic heterocycles. The second-order valence-corrected chi connectivity index (χ2v) is 3.80. The monoisotopic (exact) mass is 295 g/mol. The van der Waals surface area contributed by atoms with Gasteiger partial charge in [-0.3, -0.25) is 25.0 Å². The van der Waals surface area contributed by atoms with Gasteiger partial charge in [0.2, 0.25) is 5.91 Å². The number of carbonyl (C=O) groups excluding carboxylic acids is 1. The minimum atomic E-state index is -1.50. The molecule has 0 heterocycles. The van der Waals surface area contributed by atoms with Crippen molar-refractivity contribution in [1.82, 2.24) is 5.32 Å². The van der Waals surface area contributed by atoms with Crippen LogP contribution < -0.4 is 5.32 Å². The van der Waals surface area contributed by atoms with E-state index in [2.05, 4.69) is 0 Å². The van der Waals surface area contributed by atoms with E-state index in [9.17, 15) is 29.8 Å². The number of hydrogen-bond donors (Lipinski definition) is 2. The highest BCUT2D eigenvalue weighted by Crippen LogP contribution is 2.26. The van der Waals surface area contributed by atoms with Crippen molar-refractivity contribution in [2.24, 2.45) is 0 Å². The second kappa shape index (κ2) is 6.23. The van der Waals surface area contributed by atoms with Crippen LogP contribution in [0.3, 0.4) is 0 Å². The van der Waals surface area contributed by atoms with Gasteiger partial charge >= 0.3 is 5.97 Å². The zero-order valence-corrected chi connectivity index (χ0v) is 10.6. The number of carbonyl (C=O) groups is 2. The summed E-state index contributed by atoms with van der Waals surface area (Å²) >= 11 is 0. The summed E-state index contributed by atoms with van der Waals surface area (Å²) < 4.78 is 0. The van der Waals surface area contributed by atoms with Crippen molar-refractivity contribution in [2.45, 2.75) is 6.92 Å². The van der Waals surface area contributed by atoms with Gasteiger partial charge in [0.15, 0.2) is 0 Å². The Kier molecular flexibility index (Phi) is 4.68. The second-order valence-electron chi connectivity index (χ2n) is 3.80. The number of amides is 1. The maximum Gasteiger partial charge on any atom is 0.352 e. The molecule has 0 aromatic heterocycles. The summed E-state index contributed by atoms with van der Waals surface area (Å²) in [6.45, 7) is 1.07. The lowest BCUT2D eigenvalue weighted by Gasteiger charge is -2.03. The van der Waals surface area contributed by atoms with Crippen molar-refractivity contribution in [2.75, 3.05) is 0 Å². The molecule has 0 saturated heterocycles. The largest absolute Gasteiger partial charge is 0.477 e. The molecule has 0 atom stereocenters. The maximum absolute atomic E-state index is 10.9. The third-order valence-electron chi connectivity index (χ3n) is 2.26. The van der Waals surface area contributed by atoms with E-state index in [1.807, 2.05) is 5.32 Å². The summed E-state index contributed by atoms with van der Waals surface area (Å²) in [6, 6.07) is 2.73. The number of rotatable bonds is 5. The van der Waals surface area contributed by atoms with E-state index in [0.29, 0.717) is 6.07 Å². The van der Waals surface area contributed by atoms with Gasteiger partial charge in [-0.15, -0.1) is 0 Å². The number of nitro groups is 2. The smallest absolute Gasteiger partial charge is 0.352 e. The number of carboxylic acids is 1. The van der Waals surface area contributed by atoms with E-state index < -0.39 is 38.8 Å². The first-order chi connectivity index (χ1) is 9.72. The minimum absolute atomic E-state index is 0.184. The summed E-state index contributed by atoms with van der Waals surface area (Å²) in [5, 5.41) is 32.4. The van der Waals surface area contributed by atoms with Crippen molar-refractivity contribution >= 4 is 29.3 Å². The van der Waals surface area contributed by atoms with Crippen LogP contribution in [0, 0.1) is 20.2 Å². The quantitative estimate of drug-likeness (QED) is 0.467. The predicted octanol–water partition coefficient (Wildman–Crippen LogP) is 1.06. The molecule has 0 unspecified atom stereocenters. The van der Waals surface area contributed by atoms with Crippen molar-refractivity contribution in [3.63, 3.8) is 0 Å². The molecule has 2 N–H and O–H groups in total. The molecule has 10 nitrogen and oxygen atoms in total. The fourth-order valence-corrected chi connectivity index (χ4v) is 1.42. The summed E-state index contributed by atoms with van der Waals surface area (Å²) in [5.41, 5.74) is -1.92. The van der Waals surface area contributed by atoms with Gasteiger partial charge in [-0.1, -0.05) is 0 Å². The van der Waals surface area contributed by atoms with E-state index in [4.69, 9.17) is 5.11 Å². The van der Waals surface area contributed by atoms with Crippen LogP contribution in [0.2, 0.25) is 0 Å². The standard InChI is InChI=1S/C11H9N3O7/c1-6(15)12-9(11(16)17)4-7-2-3-8(13(18)19)5-10(7)14(20)21/h2-5H,1H3,(H,12,15)(H,16,17)/b9-4+. The van der Waals surface area contributed by atoms with Crippen LogP contribution in [0.4, 0.5) is 11.4 Å². The average Bonchev–Trinajstić information content (AvgIpc) is 2.37. The highest BCUT2D eigenvalue weighted by Gasteiger charge is 2.20. The molecule has 0 spiro atoms. The number of aliphatic carboxylic acids is 1. The molecular formula is C11H9N3O7. The number of hydrogen-bond acceptors (Lipinski definition) is 6. The Labute approximate surface area is 117 Å². The molecule has 21 heavy (non-hydrogen) atoms. The van der Waals surface area contributed by atoms with Gasteiger partial charge in [-0.05, 0) is 12.1 Å². The summed E-state index contributed by atoms with van der Waals surface area (Å²) in [7, 11) is 0. The highest BCUT2D eigenvalue weighted by atomic mass is 16.6. The Balaban J connectivity index is 3.40. The fraction of sp³-hybridized carbons (Fsp3) is 0.0909. The molecule has 0 fully saturated rings. The van der Waals surface area contributed by atoms with Gasteiger partial charge in [0, 0.05) is 13.0 Å². The summed E-state index contributed by atoms with van der Waals surface area (Å²) in [6.07, 6.45) is 0.853. The number of non-ortho nitro benzene ring substituents is 1. The molecule has 1 aromatic carbocycles. The summed E-state index contributed by atoms with van der Waals surface area (Å²) in [5.74, 6) is -2.17. The van der Waals surface area contributed by atoms with Crippen LogP contribution in [0.25, 0.3) is 6.08 Å². The van der Waals surface area contributed by atoms with Gasteiger partial charge < -0.3 is 10.4 Å². The van der Waals surface area contributed by atoms with Crippen molar-refractivity contribution in [3.05, 3.63) is 49.7 Å². The van der Waals surface area contributed by atoms with E-state index in [1.54, 1.807) is 0 Å². The van der Waals surface area contributed by atoms with Gasteiger partial charge in [0.25, 0.3) is 11.4 Å². The first-order valence-electron chi connectivity index (χ1n) is 5.37. The number of carboxylic acid groups (broad SMARTS) is 1.